The summed E-state index contributed by atoms with van der Waals surface area (Å²) in [7, 11) is 0. The van der Waals surface area contributed by atoms with Crippen LogP contribution in [0.5, 0.6) is 5.75 Å². The largest absolute Gasteiger partial charge is 0.490 e. The van der Waals surface area contributed by atoms with Crippen molar-refractivity contribution in [2.24, 2.45) is 0 Å². The predicted octanol–water partition coefficient (Wildman–Crippen LogP) is 5.73. The van der Waals surface area contributed by atoms with Crippen molar-refractivity contribution >= 4 is 11.5 Å². The number of hydrogen-bond donors (Lipinski definition) is 1. The lowest BCUT2D eigenvalue weighted by Gasteiger charge is -2.15. The van der Waals surface area contributed by atoms with E-state index in [4.69, 9.17) is 9.47 Å². The second-order valence-electron chi connectivity index (χ2n) is 7.97. The minimum absolute atomic E-state index is 0.134. The molecule has 0 atom stereocenters. The van der Waals surface area contributed by atoms with E-state index in [9.17, 15) is 9.90 Å². The molecule has 0 saturated carbocycles. The highest BCUT2D eigenvalue weighted by Crippen LogP contribution is 2.31. The van der Waals surface area contributed by atoms with Crippen LogP contribution in [-0.2, 0) is 16.0 Å². The van der Waals surface area contributed by atoms with Crippen LogP contribution in [0.25, 0.3) is 16.7 Å². The van der Waals surface area contributed by atoms with Gasteiger partial charge in [0.25, 0.3) is 0 Å². The monoisotopic (exact) mass is 420 g/mol. The number of carbonyl (C=O) groups is 1. The molecule has 0 bridgehead atoms. The average molecular weight is 421 g/mol. The fourth-order valence-corrected chi connectivity index (χ4v) is 3.73. The standard InChI is InChI=1S/C27H32O4/c1-20(2)27(29)31-18-17-30-26-19-25(15-14-24(26)9-6-16-28)23-12-10-22(11-13-23)21-7-4-3-5-8-21/h7,10-15,19,28H,1,3-6,8-9,16-18H2,2H3. The van der Waals surface area contributed by atoms with E-state index < -0.39 is 5.97 Å². The summed E-state index contributed by atoms with van der Waals surface area (Å²) in [5, 5.41) is 9.20. The number of aryl methyl sites for hydroxylation is 1. The topological polar surface area (TPSA) is 55.8 Å². The van der Waals surface area contributed by atoms with Gasteiger partial charge in [-0.15, -0.1) is 0 Å². The molecule has 0 aliphatic heterocycles. The molecule has 0 heterocycles. The van der Waals surface area contributed by atoms with Crippen molar-refractivity contribution in [3.63, 3.8) is 0 Å². The van der Waals surface area contributed by atoms with E-state index in [2.05, 4.69) is 49.1 Å². The van der Waals surface area contributed by atoms with Crippen LogP contribution in [-0.4, -0.2) is 30.9 Å². The zero-order valence-corrected chi connectivity index (χ0v) is 18.4. The van der Waals surface area contributed by atoms with Crippen LogP contribution < -0.4 is 4.74 Å². The lowest BCUT2D eigenvalue weighted by atomic mass is 9.92. The summed E-state index contributed by atoms with van der Waals surface area (Å²) in [6.07, 6.45) is 8.66. The highest BCUT2D eigenvalue weighted by molar-refractivity contribution is 5.86. The first-order valence-corrected chi connectivity index (χ1v) is 11.1. The maximum atomic E-state index is 11.5. The molecule has 0 aromatic heterocycles. The zero-order chi connectivity index (χ0) is 22.1. The fourth-order valence-electron chi connectivity index (χ4n) is 3.73. The van der Waals surface area contributed by atoms with Gasteiger partial charge >= 0.3 is 5.97 Å². The van der Waals surface area contributed by atoms with Crippen LogP contribution >= 0.6 is 0 Å². The number of rotatable bonds is 10. The first-order chi connectivity index (χ1) is 15.1. The first kappa shape index (κ1) is 22.8. The third kappa shape index (κ3) is 6.56. The third-order valence-electron chi connectivity index (χ3n) is 5.47. The molecule has 4 heteroatoms. The van der Waals surface area contributed by atoms with Crippen molar-refractivity contribution in [1.82, 2.24) is 0 Å². The Morgan fingerprint density at radius 1 is 1.03 bits per heavy atom. The van der Waals surface area contributed by atoms with Gasteiger partial charge in [0.05, 0.1) is 0 Å². The number of carbonyl (C=O) groups excluding carboxylic acids is 1. The molecule has 164 valence electrons. The Morgan fingerprint density at radius 2 is 1.77 bits per heavy atom. The normalized spacial score (nSPS) is 13.4. The minimum Gasteiger partial charge on any atom is -0.490 e. The number of ether oxygens (including phenoxy) is 2. The lowest BCUT2D eigenvalue weighted by Crippen LogP contribution is -2.13. The number of benzene rings is 2. The van der Waals surface area contributed by atoms with Crippen molar-refractivity contribution in [2.45, 2.75) is 45.4 Å². The smallest absolute Gasteiger partial charge is 0.333 e. The SMILES string of the molecule is C=C(C)C(=O)OCCOc1cc(-c2ccc(C3=CCCCC3)cc2)ccc1CCCO. The van der Waals surface area contributed by atoms with Crippen LogP contribution in [0.1, 0.15) is 50.2 Å². The first-order valence-electron chi connectivity index (χ1n) is 11.1. The van der Waals surface area contributed by atoms with Crippen molar-refractivity contribution in [3.05, 3.63) is 71.8 Å². The van der Waals surface area contributed by atoms with E-state index in [1.165, 1.54) is 30.4 Å². The van der Waals surface area contributed by atoms with Crippen molar-refractivity contribution in [1.29, 1.82) is 0 Å². The molecule has 2 aromatic rings. The maximum Gasteiger partial charge on any atom is 0.333 e. The molecule has 1 N–H and O–H groups in total. The molecule has 1 aliphatic rings. The van der Waals surface area contributed by atoms with E-state index in [-0.39, 0.29) is 19.8 Å². The Morgan fingerprint density at radius 3 is 2.45 bits per heavy atom. The molecular weight excluding hydrogens is 388 g/mol. The molecule has 31 heavy (non-hydrogen) atoms. The van der Waals surface area contributed by atoms with Crippen molar-refractivity contribution in [2.75, 3.05) is 19.8 Å². The molecule has 1 aliphatic carbocycles. The summed E-state index contributed by atoms with van der Waals surface area (Å²) in [6.45, 7) is 5.76. The highest BCUT2D eigenvalue weighted by atomic mass is 16.6. The second-order valence-corrected chi connectivity index (χ2v) is 7.97. The van der Waals surface area contributed by atoms with Gasteiger partial charge in [-0.1, -0.05) is 49.1 Å². The summed E-state index contributed by atoms with van der Waals surface area (Å²) in [6, 6.07) is 14.9. The lowest BCUT2D eigenvalue weighted by molar-refractivity contribution is -0.139. The molecule has 4 nitrogen and oxygen atoms in total. The van der Waals surface area contributed by atoms with Gasteiger partial charge in [0.1, 0.15) is 19.0 Å². The number of aliphatic hydroxyl groups is 1. The van der Waals surface area contributed by atoms with Crippen LogP contribution in [0.15, 0.2) is 60.7 Å². The molecule has 0 spiro atoms. The second kappa shape index (κ2) is 11.5. The molecule has 2 aromatic carbocycles. The highest BCUT2D eigenvalue weighted by Gasteiger charge is 2.10. The Bertz CT molecular complexity index is 925. The molecule has 3 rings (SSSR count). The summed E-state index contributed by atoms with van der Waals surface area (Å²) in [5.74, 6) is 0.349. The Balaban J connectivity index is 1.72. The number of allylic oxidation sites excluding steroid dienone is 2. The Hall–Kier alpha value is -2.85. The number of hydrogen-bond acceptors (Lipinski definition) is 4. The van der Waals surface area contributed by atoms with Crippen LogP contribution in [0.2, 0.25) is 0 Å². The van der Waals surface area contributed by atoms with Gasteiger partial charge < -0.3 is 14.6 Å². The Labute approximate surface area is 185 Å². The van der Waals surface area contributed by atoms with Crippen molar-refractivity contribution < 1.29 is 19.4 Å². The van der Waals surface area contributed by atoms with E-state index >= 15 is 0 Å². The van der Waals surface area contributed by atoms with Gasteiger partial charge in [0, 0.05) is 12.2 Å². The fraction of sp³-hybridized carbons (Fsp3) is 0.370. The van der Waals surface area contributed by atoms with E-state index in [1.54, 1.807) is 6.92 Å². The van der Waals surface area contributed by atoms with Gasteiger partial charge in [-0.05, 0) is 79.3 Å². The molecule has 0 fully saturated rings. The van der Waals surface area contributed by atoms with Gasteiger partial charge in [-0.25, -0.2) is 4.79 Å². The third-order valence-corrected chi connectivity index (χ3v) is 5.47. The van der Waals surface area contributed by atoms with E-state index in [1.807, 2.05) is 6.07 Å². The number of esters is 1. The summed E-state index contributed by atoms with van der Waals surface area (Å²) >= 11 is 0. The van der Waals surface area contributed by atoms with Gasteiger partial charge in [0.2, 0.25) is 0 Å². The average Bonchev–Trinajstić information content (AvgIpc) is 2.81. The van der Waals surface area contributed by atoms with Gasteiger partial charge in [-0.2, -0.15) is 0 Å². The van der Waals surface area contributed by atoms with Crippen LogP contribution in [0.4, 0.5) is 0 Å². The summed E-state index contributed by atoms with van der Waals surface area (Å²) in [4.78, 5) is 11.5. The summed E-state index contributed by atoms with van der Waals surface area (Å²) in [5.41, 5.74) is 6.37. The maximum absolute atomic E-state index is 11.5. The molecule has 0 amide bonds. The number of aliphatic hydroxyl groups excluding tert-OH is 1. The molecule has 0 radical (unpaired) electrons. The van der Waals surface area contributed by atoms with Crippen LogP contribution in [0, 0.1) is 0 Å². The van der Waals surface area contributed by atoms with Gasteiger partial charge in [-0.3, -0.25) is 0 Å². The Kier molecular flexibility index (Phi) is 8.48. The predicted molar refractivity (Wildman–Crippen MR) is 125 cm³/mol. The van der Waals surface area contributed by atoms with E-state index in [0.717, 1.165) is 35.3 Å². The zero-order valence-electron chi connectivity index (χ0n) is 18.4. The van der Waals surface area contributed by atoms with Crippen molar-refractivity contribution in [3.8, 4) is 16.9 Å². The molecular formula is C27H32O4. The van der Waals surface area contributed by atoms with E-state index in [0.29, 0.717) is 12.0 Å². The van der Waals surface area contributed by atoms with Gasteiger partial charge in [0.15, 0.2) is 0 Å². The minimum atomic E-state index is -0.411. The molecule has 0 unspecified atom stereocenters. The quantitative estimate of drug-likeness (QED) is 0.303. The molecule has 0 saturated heterocycles. The summed E-state index contributed by atoms with van der Waals surface area (Å²) < 4.78 is 11.1. The van der Waals surface area contributed by atoms with Crippen LogP contribution in [0.3, 0.4) is 0 Å².